The Labute approximate surface area is 117 Å². The minimum absolute atomic E-state index is 0.0245. The number of nitrogens with zero attached hydrogens (tertiary/aromatic N) is 1. The minimum Gasteiger partial charge on any atom is -0.379 e. The van der Waals surface area contributed by atoms with Crippen molar-refractivity contribution in [2.45, 2.75) is 18.9 Å². The monoisotopic (exact) mass is 281 g/mol. The third-order valence-corrected chi connectivity index (χ3v) is 3.21. The van der Waals surface area contributed by atoms with Gasteiger partial charge in [-0.25, -0.2) is 9.18 Å². The number of ether oxygens (including phenoxy) is 1. The Morgan fingerprint density at radius 1 is 1.55 bits per heavy atom. The molecule has 0 aliphatic carbocycles. The summed E-state index contributed by atoms with van der Waals surface area (Å²) >= 11 is 0. The highest BCUT2D eigenvalue weighted by molar-refractivity contribution is 5.92. The van der Waals surface area contributed by atoms with Gasteiger partial charge in [0.25, 0.3) is 0 Å². The van der Waals surface area contributed by atoms with E-state index in [1.165, 1.54) is 17.0 Å². The number of urea groups is 1. The minimum atomic E-state index is -0.364. The topological polar surface area (TPSA) is 67.6 Å². The van der Waals surface area contributed by atoms with Gasteiger partial charge in [-0.05, 0) is 37.6 Å². The molecule has 0 aromatic heterocycles. The van der Waals surface area contributed by atoms with E-state index in [0.29, 0.717) is 38.4 Å². The van der Waals surface area contributed by atoms with Gasteiger partial charge in [0.05, 0.1) is 12.6 Å². The van der Waals surface area contributed by atoms with Gasteiger partial charge in [-0.3, -0.25) is 4.90 Å². The Balaban J connectivity index is 2.07. The van der Waals surface area contributed by atoms with Crippen molar-refractivity contribution in [3.8, 4) is 0 Å². The number of hydrogen-bond donors (Lipinski definition) is 2. The Morgan fingerprint density at radius 2 is 2.40 bits per heavy atom. The molecule has 0 spiro atoms. The van der Waals surface area contributed by atoms with Crippen LogP contribution in [-0.2, 0) is 4.74 Å². The van der Waals surface area contributed by atoms with Crippen molar-refractivity contribution in [2.75, 3.05) is 31.2 Å². The Hall–Kier alpha value is -1.66. The molecule has 1 aromatic carbocycles. The summed E-state index contributed by atoms with van der Waals surface area (Å²) in [6.45, 7) is 2.12. The first kappa shape index (κ1) is 14.7. The van der Waals surface area contributed by atoms with Gasteiger partial charge < -0.3 is 15.8 Å². The van der Waals surface area contributed by atoms with Crippen LogP contribution in [0.4, 0.5) is 14.9 Å². The number of carbonyl (C=O) groups excluding carboxylic acids is 1. The van der Waals surface area contributed by atoms with E-state index in [2.05, 4.69) is 5.32 Å². The predicted octanol–water partition coefficient (Wildman–Crippen LogP) is 1.48. The molecule has 1 aromatic rings. The molecule has 0 bridgehead atoms. The fourth-order valence-corrected chi connectivity index (χ4v) is 2.14. The van der Waals surface area contributed by atoms with Gasteiger partial charge in [0.1, 0.15) is 5.82 Å². The smallest absolute Gasteiger partial charge is 0.322 e. The largest absolute Gasteiger partial charge is 0.379 e. The summed E-state index contributed by atoms with van der Waals surface area (Å²) in [5.74, 6) is -0.364. The van der Waals surface area contributed by atoms with E-state index >= 15 is 0 Å². The van der Waals surface area contributed by atoms with Crippen LogP contribution in [0.25, 0.3) is 0 Å². The van der Waals surface area contributed by atoms with Gasteiger partial charge >= 0.3 is 6.03 Å². The lowest BCUT2D eigenvalue weighted by Crippen LogP contribution is -2.46. The molecular weight excluding hydrogens is 261 g/mol. The van der Waals surface area contributed by atoms with Crippen molar-refractivity contribution in [1.82, 2.24) is 5.32 Å². The van der Waals surface area contributed by atoms with Gasteiger partial charge in [0, 0.05) is 18.8 Å². The average Bonchev–Trinajstić information content (AvgIpc) is 2.92. The highest BCUT2D eigenvalue weighted by atomic mass is 19.1. The van der Waals surface area contributed by atoms with Crippen LogP contribution in [-0.4, -0.2) is 38.4 Å². The van der Waals surface area contributed by atoms with Crippen LogP contribution in [0.5, 0.6) is 0 Å². The van der Waals surface area contributed by atoms with E-state index in [1.807, 2.05) is 0 Å². The summed E-state index contributed by atoms with van der Waals surface area (Å²) in [6, 6.07) is 5.79. The third-order valence-electron chi connectivity index (χ3n) is 3.21. The van der Waals surface area contributed by atoms with Crippen LogP contribution in [0.15, 0.2) is 24.3 Å². The van der Waals surface area contributed by atoms with Crippen LogP contribution in [0.2, 0.25) is 0 Å². The zero-order valence-corrected chi connectivity index (χ0v) is 11.3. The molecule has 1 fully saturated rings. The first-order chi connectivity index (χ1) is 9.70. The van der Waals surface area contributed by atoms with Crippen molar-refractivity contribution in [3.05, 3.63) is 30.1 Å². The van der Waals surface area contributed by atoms with Crippen molar-refractivity contribution in [1.29, 1.82) is 0 Å². The number of anilines is 1. The van der Waals surface area contributed by atoms with Crippen molar-refractivity contribution < 1.29 is 13.9 Å². The molecule has 5 nitrogen and oxygen atoms in total. The highest BCUT2D eigenvalue weighted by Crippen LogP contribution is 2.17. The lowest BCUT2D eigenvalue weighted by molar-refractivity contribution is 0.189. The Bertz CT molecular complexity index is 450. The van der Waals surface area contributed by atoms with Crippen LogP contribution < -0.4 is 16.0 Å². The quantitative estimate of drug-likeness (QED) is 0.859. The maximum atomic E-state index is 13.3. The molecule has 1 heterocycles. The first-order valence-electron chi connectivity index (χ1n) is 6.82. The van der Waals surface area contributed by atoms with Crippen LogP contribution in [0.1, 0.15) is 12.8 Å². The number of benzene rings is 1. The van der Waals surface area contributed by atoms with E-state index in [-0.39, 0.29) is 17.9 Å². The fourth-order valence-electron chi connectivity index (χ4n) is 2.14. The lowest BCUT2D eigenvalue weighted by atomic mass is 10.2. The fraction of sp³-hybridized carbons (Fsp3) is 0.500. The normalized spacial score (nSPS) is 18.0. The summed E-state index contributed by atoms with van der Waals surface area (Å²) < 4.78 is 18.5. The van der Waals surface area contributed by atoms with Crippen molar-refractivity contribution >= 4 is 11.7 Å². The molecule has 2 rings (SSSR count). The number of rotatable bonds is 5. The lowest BCUT2D eigenvalue weighted by Gasteiger charge is -2.24. The molecule has 20 heavy (non-hydrogen) atoms. The molecule has 1 aliphatic heterocycles. The molecule has 110 valence electrons. The number of halogens is 1. The molecule has 0 radical (unpaired) electrons. The second-order valence-electron chi connectivity index (χ2n) is 4.78. The second kappa shape index (κ2) is 7.21. The summed E-state index contributed by atoms with van der Waals surface area (Å²) in [7, 11) is 0. The second-order valence-corrected chi connectivity index (χ2v) is 4.78. The highest BCUT2D eigenvalue weighted by Gasteiger charge is 2.22. The number of nitrogens with two attached hydrogens (primary N) is 1. The summed E-state index contributed by atoms with van der Waals surface area (Å²) in [4.78, 5) is 13.8. The summed E-state index contributed by atoms with van der Waals surface area (Å²) in [5.41, 5.74) is 6.03. The van der Waals surface area contributed by atoms with E-state index < -0.39 is 0 Å². The third kappa shape index (κ3) is 3.91. The number of nitrogens with one attached hydrogen (secondary N) is 1. The molecule has 1 atom stereocenters. The molecule has 0 saturated carbocycles. The van der Waals surface area contributed by atoms with Crippen LogP contribution in [0, 0.1) is 5.82 Å². The predicted molar refractivity (Wildman–Crippen MR) is 75.2 cm³/mol. The molecule has 1 saturated heterocycles. The van der Waals surface area contributed by atoms with E-state index in [1.54, 1.807) is 12.1 Å². The zero-order valence-electron chi connectivity index (χ0n) is 11.3. The van der Waals surface area contributed by atoms with Crippen LogP contribution in [0.3, 0.4) is 0 Å². The summed E-state index contributed by atoms with van der Waals surface area (Å²) in [5, 5.41) is 2.90. The van der Waals surface area contributed by atoms with Crippen molar-refractivity contribution in [2.24, 2.45) is 5.73 Å². The molecular formula is C14H20FN3O2. The molecule has 6 heteroatoms. The van der Waals surface area contributed by atoms with Gasteiger partial charge in [0.2, 0.25) is 0 Å². The number of hydrogen-bond acceptors (Lipinski definition) is 3. The van der Waals surface area contributed by atoms with E-state index in [0.717, 1.165) is 6.42 Å². The Morgan fingerprint density at radius 3 is 3.05 bits per heavy atom. The Kier molecular flexibility index (Phi) is 5.31. The number of amides is 2. The average molecular weight is 281 g/mol. The van der Waals surface area contributed by atoms with E-state index in [9.17, 15) is 9.18 Å². The standard InChI is InChI=1S/C14H20FN3O2/c15-11-3-1-4-13(9-11)18(7-2-6-16)14(19)17-12-5-8-20-10-12/h1,3-4,9,12H,2,5-8,10,16H2,(H,17,19). The van der Waals surface area contributed by atoms with E-state index in [4.69, 9.17) is 10.5 Å². The molecule has 3 N–H and O–H groups in total. The molecule has 1 unspecified atom stereocenters. The van der Waals surface area contributed by atoms with Crippen LogP contribution >= 0.6 is 0 Å². The first-order valence-corrected chi connectivity index (χ1v) is 6.82. The van der Waals surface area contributed by atoms with Gasteiger partial charge in [0.15, 0.2) is 0 Å². The molecule has 1 aliphatic rings. The number of carbonyl (C=O) groups is 1. The SMILES string of the molecule is NCCCN(C(=O)NC1CCOC1)c1cccc(F)c1. The maximum Gasteiger partial charge on any atom is 0.322 e. The van der Waals surface area contributed by atoms with Gasteiger partial charge in [-0.1, -0.05) is 6.07 Å². The van der Waals surface area contributed by atoms with Crippen molar-refractivity contribution in [3.63, 3.8) is 0 Å². The molecule has 2 amide bonds. The summed E-state index contributed by atoms with van der Waals surface area (Å²) in [6.07, 6.45) is 1.46. The maximum absolute atomic E-state index is 13.3. The van der Waals surface area contributed by atoms with Gasteiger partial charge in [-0.2, -0.15) is 0 Å². The zero-order chi connectivity index (χ0) is 14.4. The van der Waals surface area contributed by atoms with Gasteiger partial charge in [-0.15, -0.1) is 0 Å².